The van der Waals surface area contributed by atoms with Crippen molar-refractivity contribution in [3.05, 3.63) is 40.7 Å². The molecule has 0 spiro atoms. The zero-order valence-corrected chi connectivity index (χ0v) is 18.7. The number of aromatic amines is 1. The second kappa shape index (κ2) is 8.42. The Morgan fingerprint density at radius 1 is 1.29 bits per heavy atom. The van der Waals surface area contributed by atoms with E-state index in [0.717, 1.165) is 25.6 Å². The van der Waals surface area contributed by atoms with Gasteiger partial charge in [-0.05, 0) is 45.2 Å². The highest BCUT2D eigenvalue weighted by Gasteiger charge is 2.38. The molecular formula is C22H24F3N7O2. The van der Waals surface area contributed by atoms with E-state index in [1.807, 2.05) is 0 Å². The lowest BCUT2D eigenvalue weighted by Crippen LogP contribution is -2.39. The number of amides is 1. The number of hydrogen-bond acceptors (Lipinski definition) is 7. The Kier molecular flexibility index (Phi) is 5.54. The SMILES string of the molecule is Cc1noc(C)c1N1CCc2c(-c3nc(N[C@H]4CCCNC4)ncc3C(F)(F)F)c[nH]c2C1=O. The second-order valence-electron chi connectivity index (χ2n) is 8.58. The summed E-state index contributed by atoms with van der Waals surface area (Å²) < 4.78 is 46.8. The van der Waals surface area contributed by atoms with E-state index in [-0.39, 0.29) is 41.4 Å². The number of carbonyl (C=O) groups excluding carboxylic acids is 1. The molecule has 2 aliphatic heterocycles. The molecule has 3 aromatic rings. The fourth-order valence-corrected chi connectivity index (χ4v) is 4.67. The number of nitrogens with one attached hydrogen (secondary N) is 3. The third kappa shape index (κ3) is 3.91. The van der Waals surface area contributed by atoms with Gasteiger partial charge in [-0.25, -0.2) is 9.97 Å². The van der Waals surface area contributed by atoms with Gasteiger partial charge in [0.1, 0.15) is 22.6 Å². The van der Waals surface area contributed by atoms with Gasteiger partial charge in [0.05, 0.1) is 5.69 Å². The van der Waals surface area contributed by atoms with Gasteiger partial charge >= 0.3 is 6.18 Å². The summed E-state index contributed by atoms with van der Waals surface area (Å²) in [7, 11) is 0. The van der Waals surface area contributed by atoms with E-state index >= 15 is 0 Å². The quantitative estimate of drug-likeness (QED) is 0.530. The molecule has 1 fully saturated rings. The number of piperidine rings is 1. The topological polar surface area (TPSA) is 112 Å². The summed E-state index contributed by atoms with van der Waals surface area (Å²) >= 11 is 0. The lowest BCUT2D eigenvalue weighted by molar-refractivity contribution is -0.137. The van der Waals surface area contributed by atoms with Crippen LogP contribution in [0, 0.1) is 13.8 Å². The van der Waals surface area contributed by atoms with Crippen molar-refractivity contribution in [3.8, 4) is 11.3 Å². The van der Waals surface area contributed by atoms with Gasteiger partial charge in [-0.1, -0.05) is 5.16 Å². The van der Waals surface area contributed by atoms with E-state index in [1.54, 1.807) is 13.8 Å². The van der Waals surface area contributed by atoms with E-state index < -0.39 is 11.7 Å². The molecule has 180 valence electrons. The summed E-state index contributed by atoms with van der Waals surface area (Å²) in [4.78, 5) is 25.8. The number of nitrogens with zero attached hydrogens (tertiary/aromatic N) is 4. The first-order valence-electron chi connectivity index (χ1n) is 11.1. The Morgan fingerprint density at radius 3 is 2.79 bits per heavy atom. The van der Waals surface area contributed by atoms with Crippen LogP contribution in [0.4, 0.5) is 24.8 Å². The molecule has 0 saturated carbocycles. The Morgan fingerprint density at radius 2 is 2.12 bits per heavy atom. The van der Waals surface area contributed by atoms with Crippen molar-refractivity contribution in [2.45, 2.75) is 45.3 Å². The molecule has 12 heteroatoms. The van der Waals surface area contributed by atoms with Crippen molar-refractivity contribution in [1.29, 1.82) is 0 Å². The first kappa shape index (κ1) is 22.4. The first-order chi connectivity index (χ1) is 16.2. The predicted molar refractivity (Wildman–Crippen MR) is 118 cm³/mol. The Bertz CT molecular complexity index is 1210. The van der Waals surface area contributed by atoms with Crippen molar-refractivity contribution in [2.75, 3.05) is 29.9 Å². The van der Waals surface area contributed by atoms with Gasteiger partial charge in [-0.2, -0.15) is 13.2 Å². The molecule has 2 aliphatic rings. The fraction of sp³-hybridized carbons (Fsp3) is 0.455. The maximum absolute atomic E-state index is 13.9. The Labute approximate surface area is 193 Å². The van der Waals surface area contributed by atoms with Crippen LogP contribution >= 0.6 is 0 Å². The van der Waals surface area contributed by atoms with E-state index in [9.17, 15) is 18.0 Å². The predicted octanol–water partition coefficient (Wildman–Crippen LogP) is 3.46. The molecular weight excluding hydrogens is 451 g/mol. The molecule has 0 radical (unpaired) electrons. The van der Waals surface area contributed by atoms with Crippen molar-refractivity contribution in [1.82, 2.24) is 25.4 Å². The highest BCUT2D eigenvalue weighted by molar-refractivity contribution is 6.08. The summed E-state index contributed by atoms with van der Waals surface area (Å²) in [5.41, 5.74) is 0.955. The van der Waals surface area contributed by atoms with Crippen LogP contribution in [0.5, 0.6) is 0 Å². The fourth-order valence-electron chi connectivity index (χ4n) is 4.67. The molecule has 3 N–H and O–H groups in total. The number of alkyl halides is 3. The monoisotopic (exact) mass is 475 g/mol. The summed E-state index contributed by atoms with van der Waals surface area (Å²) in [6, 6.07) is 0.0312. The van der Waals surface area contributed by atoms with E-state index in [2.05, 4.69) is 30.7 Å². The first-order valence-corrected chi connectivity index (χ1v) is 11.1. The maximum atomic E-state index is 13.9. The standard InChI is InChI=1S/C22H24F3N7O2/c1-11-19(12(2)34-31-11)32-7-5-14-15(9-27-18(14)20(32)33)17-16(22(23,24)25)10-28-21(30-17)29-13-4-3-6-26-8-13/h9-10,13,26-27H,3-8H2,1-2H3,(H,28,29,30)/t13-/m0/s1. The lowest BCUT2D eigenvalue weighted by Gasteiger charge is -2.27. The van der Waals surface area contributed by atoms with Crippen LogP contribution in [0.1, 0.15) is 45.9 Å². The van der Waals surface area contributed by atoms with Crippen LogP contribution in [0.15, 0.2) is 16.9 Å². The highest BCUT2D eigenvalue weighted by Crippen LogP contribution is 2.40. The van der Waals surface area contributed by atoms with Crippen LogP contribution in [-0.2, 0) is 12.6 Å². The minimum atomic E-state index is -4.65. The van der Waals surface area contributed by atoms with Gasteiger partial charge < -0.3 is 25.0 Å². The Hall–Kier alpha value is -3.41. The van der Waals surface area contributed by atoms with Gasteiger partial charge in [0.15, 0.2) is 5.76 Å². The molecule has 1 atom stereocenters. The molecule has 5 heterocycles. The lowest BCUT2D eigenvalue weighted by atomic mass is 9.97. The average Bonchev–Trinajstić information content (AvgIpc) is 3.38. The number of aromatic nitrogens is 4. The maximum Gasteiger partial charge on any atom is 0.419 e. The minimum absolute atomic E-state index is 0.0312. The molecule has 3 aromatic heterocycles. The molecule has 34 heavy (non-hydrogen) atoms. The molecule has 0 unspecified atom stereocenters. The smallest absolute Gasteiger partial charge is 0.359 e. The molecule has 9 nitrogen and oxygen atoms in total. The number of H-pyrrole nitrogens is 1. The summed E-state index contributed by atoms with van der Waals surface area (Å²) in [5.74, 6) is 0.284. The number of carbonyl (C=O) groups is 1. The van der Waals surface area contributed by atoms with Crippen LogP contribution in [0.3, 0.4) is 0 Å². The van der Waals surface area contributed by atoms with Crippen molar-refractivity contribution in [2.24, 2.45) is 0 Å². The molecule has 1 saturated heterocycles. The number of halogens is 3. The van der Waals surface area contributed by atoms with Crippen molar-refractivity contribution in [3.63, 3.8) is 0 Å². The number of fused-ring (bicyclic) bond motifs is 1. The van der Waals surface area contributed by atoms with Gasteiger partial charge in [-0.15, -0.1) is 0 Å². The summed E-state index contributed by atoms with van der Waals surface area (Å²) in [6.07, 6.45) is -0.241. The largest absolute Gasteiger partial charge is 0.419 e. The summed E-state index contributed by atoms with van der Waals surface area (Å²) in [6.45, 7) is 5.33. The normalized spacial score (nSPS) is 18.8. The zero-order chi connectivity index (χ0) is 24.0. The van der Waals surface area contributed by atoms with Crippen LogP contribution in [0.2, 0.25) is 0 Å². The van der Waals surface area contributed by atoms with Crippen LogP contribution in [-0.4, -0.2) is 51.7 Å². The Balaban J connectivity index is 1.52. The van der Waals surface area contributed by atoms with Crippen molar-refractivity contribution < 1.29 is 22.5 Å². The molecule has 0 bridgehead atoms. The average molecular weight is 475 g/mol. The van der Waals surface area contributed by atoms with Crippen molar-refractivity contribution >= 4 is 17.5 Å². The highest BCUT2D eigenvalue weighted by atomic mass is 19.4. The minimum Gasteiger partial charge on any atom is -0.359 e. The van der Waals surface area contributed by atoms with Gasteiger partial charge in [0, 0.05) is 37.1 Å². The van der Waals surface area contributed by atoms with E-state index in [4.69, 9.17) is 4.52 Å². The zero-order valence-electron chi connectivity index (χ0n) is 18.7. The van der Waals surface area contributed by atoms with Gasteiger partial charge in [0.2, 0.25) is 5.95 Å². The second-order valence-corrected chi connectivity index (χ2v) is 8.58. The number of rotatable bonds is 4. The molecule has 5 rings (SSSR count). The molecule has 1 amide bonds. The third-order valence-corrected chi connectivity index (χ3v) is 6.28. The van der Waals surface area contributed by atoms with E-state index in [0.29, 0.717) is 35.7 Å². The number of anilines is 2. The van der Waals surface area contributed by atoms with Gasteiger partial charge in [-0.3, -0.25) is 4.79 Å². The molecule has 0 aromatic carbocycles. The molecule has 0 aliphatic carbocycles. The summed E-state index contributed by atoms with van der Waals surface area (Å²) in [5, 5.41) is 10.3. The van der Waals surface area contributed by atoms with E-state index in [1.165, 1.54) is 11.1 Å². The third-order valence-electron chi connectivity index (χ3n) is 6.28. The van der Waals surface area contributed by atoms with Gasteiger partial charge in [0.25, 0.3) is 5.91 Å². The van der Waals surface area contributed by atoms with Crippen LogP contribution in [0.25, 0.3) is 11.3 Å². The number of hydrogen-bond donors (Lipinski definition) is 3. The van der Waals surface area contributed by atoms with Crippen LogP contribution < -0.4 is 15.5 Å². The number of aryl methyl sites for hydroxylation is 2.